The fraction of sp³-hybridized carbons (Fsp3) is 0.250. The van der Waals surface area contributed by atoms with Crippen molar-refractivity contribution in [3.8, 4) is 0 Å². The fourth-order valence-electron chi connectivity index (χ4n) is 2.96. The SMILES string of the molecule is O=C(NCC(Cc1ccccc1)c1ccccn1)[C@H]1C=C[C@H]1C(=O)O. The van der Waals surface area contributed by atoms with Gasteiger partial charge in [-0.3, -0.25) is 14.6 Å². The van der Waals surface area contributed by atoms with Gasteiger partial charge in [-0.05, 0) is 24.1 Å². The highest BCUT2D eigenvalue weighted by Gasteiger charge is 2.36. The number of amides is 1. The molecule has 2 N–H and O–H groups in total. The molecule has 25 heavy (non-hydrogen) atoms. The highest BCUT2D eigenvalue weighted by Crippen LogP contribution is 2.26. The quantitative estimate of drug-likeness (QED) is 0.761. The molecule has 5 heteroatoms. The van der Waals surface area contributed by atoms with Gasteiger partial charge in [-0.2, -0.15) is 0 Å². The molecule has 0 bridgehead atoms. The second kappa shape index (κ2) is 7.75. The predicted molar refractivity (Wildman–Crippen MR) is 93.9 cm³/mol. The molecule has 1 heterocycles. The molecule has 0 radical (unpaired) electrons. The third kappa shape index (κ3) is 4.12. The molecule has 2 aromatic rings. The summed E-state index contributed by atoms with van der Waals surface area (Å²) in [5, 5.41) is 12.0. The Balaban J connectivity index is 1.67. The van der Waals surface area contributed by atoms with Crippen LogP contribution in [0.3, 0.4) is 0 Å². The number of hydrogen-bond acceptors (Lipinski definition) is 3. The molecule has 1 amide bonds. The molecule has 1 aromatic heterocycles. The van der Waals surface area contributed by atoms with Crippen LogP contribution in [0.25, 0.3) is 0 Å². The molecule has 1 aliphatic carbocycles. The maximum absolute atomic E-state index is 12.3. The monoisotopic (exact) mass is 336 g/mol. The number of carbonyl (C=O) groups is 2. The number of carboxylic acids is 1. The Labute approximate surface area is 146 Å². The minimum Gasteiger partial charge on any atom is -0.481 e. The molecule has 128 valence electrons. The number of aromatic nitrogens is 1. The van der Waals surface area contributed by atoms with E-state index in [1.54, 1.807) is 18.3 Å². The lowest BCUT2D eigenvalue weighted by molar-refractivity contribution is -0.145. The lowest BCUT2D eigenvalue weighted by Crippen LogP contribution is -2.41. The standard InChI is InChI=1S/C20H20N2O3/c23-19(16-9-10-17(16)20(24)25)22-13-15(18-8-4-5-11-21-18)12-14-6-2-1-3-7-14/h1-11,15-17H,12-13H2,(H,22,23)(H,24,25)/t15?,16-,17+/m0/s1. The van der Waals surface area contributed by atoms with E-state index >= 15 is 0 Å². The van der Waals surface area contributed by atoms with Crippen molar-refractivity contribution in [2.75, 3.05) is 6.54 Å². The van der Waals surface area contributed by atoms with Gasteiger partial charge in [0.2, 0.25) is 5.91 Å². The number of aliphatic carboxylic acids is 1. The van der Waals surface area contributed by atoms with Crippen molar-refractivity contribution in [1.29, 1.82) is 0 Å². The molecule has 5 nitrogen and oxygen atoms in total. The first-order valence-corrected chi connectivity index (χ1v) is 8.29. The third-order valence-corrected chi connectivity index (χ3v) is 4.45. The van der Waals surface area contributed by atoms with Crippen LogP contribution in [-0.4, -0.2) is 28.5 Å². The average molecular weight is 336 g/mol. The van der Waals surface area contributed by atoms with Crippen LogP contribution in [0.1, 0.15) is 17.2 Å². The van der Waals surface area contributed by atoms with Crippen molar-refractivity contribution in [1.82, 2.24) is 10.3 Å². The van der Waals surface area contributed by atoms with Crippen molar-refractivity contribution >= 4 is 11.9 Å². The average Bonchev–Trinajstić information content (AvgIpc) is 2.58. The Hall–Kier alpha value is -2.95. The molecule has 1 aromatic carbocycles. The zero-order chi connectivity index (χ0) is 17.6. The van der Waals surface area contributed by atoms with Gasteiger partial charge in [0, 0.05) is 24.4 Å². The van der Waals surface area contributed by atoms with Crippen LogP contribution in [0.5, 0.6) is 0 Å². The Morgan fingerprint density at radius 1 is 1.04 bits per heavy atom. The first-order chi connectivity index (χ1) is 12.1. The zero-order valence-corrected chi connectivity index (χ0v) is 13.7. The first kappa shape index (κ1) is 16.9. The number of nitrogens with zero attached hydrogens (tertiary/aromatic N) is 1. The van der Waals surface area contributed by atoms with Gasteiger partial charge in [0.15, 0.2) is 0 Å². The van der Waals surface area contributed by atoms with Gasteiger partial charge in [0.1, 0.15) is 0 Å². The van der Waals surface area contributed by atoms with Crippen LogP contribution < -0.4 is 5.32 Å². The van der Waals surface area contributed by atoms with Crippen molar-refractivity contribution in [2.45, 2.75) is 12.3 Å². The van der Waals surface area contributed by atoms with E-state index in [1.807, 2.05) is 48.5 Å². The van der Waals surface area contributed by atoms with E-state index in [-0.39, 0.29) is 11.8 Å². The number of benzene rings is 1. The summed E-state index contributed by atoms with van der Waals surface area (Å²) in [5.74, 6) is -2.49. The molecular formula is C20H20N2O3. The fourth-order valence-corrected chi connectivity index (χ4v) is 2.96. The predicted octanol–water partition coefficient (Wildman–Crippen LogP) is 2.41. The molecule has 3 atom stereocenters. The molecule has 0 fully saturated rings. The summed E-state index contributed by atoms with van der Waals surface area (Å²) in [5.41, 5.74) is 2.07. The first-order valence-electron chi connectivity index (χ1n) is 8.29. The van der Waals surface area contributed by atoms with Crippen LogP contribution in [0.4, 0.5) is 0 Å². The maximum Gasteiger partial charge on any atom is 0.311 e. The van der Waals surface area contributed by atoms with Crippen LogP contribution in [-0.2, 0) is 16.0 Å². The Morgan fingerprint density at radius 3 is 2.36 bits per heavy atom. The van der Waals surface area contributed by atoms with E-state index in [0.717, 1.165) is 12.1 Å². The smallest absolute Gasteiger partial charge is 0.311 e. The van der Waals surface area contributed by atoms with Gasteiger partial charge < -0.3 is 10.4 Å². The molecule has 1 unspecified atom stereocenters. The summed E-state index contributed by atoms with van der Waals surface area (Å²) in [6.45, 7) is 0.418. The molecule has 0 saturated carbocycles. The van der Waals surface area contributed by atoms with E-state index in [1.165, 1.54) is 5.56 Å². The molecule has 3 rings (SSSR count). The van der Waals surface area contributed by atoms with Gasteiger partial charge in [-0.25, -0.2) is 0 Å². The Morgan fingerprint density at radius 2 is 1.76 bits per heavy atom. The van der Waals surface area contributed by atoms with E-state index in [4.69, 9.17) is 5.11 Å². The van der Waals surface area contributed by atoms with E-state index < -0.39 is 17.8 Å². The van der Waals surface area contributed by atoms with E-state index in [9.17, 15) is 9.59 Å². The minimum absolute atomic E-state index is 0.0277. The number of nitrogens with one attached hydrogen (secondary N) is 1. The Bertz CT molecular complexity index is 759. The number of hydrogen-bond donors (Lipinski definition) is 2. The van der Waals surface area contributed by atoms with Crippen molar-refractivity contribution in [3.63, 3.8) is 0 Å². The summed E-state index contributed by atoms with van der Waals surface area (Å²) in [4.78, 5) is 27.8. The second-order valence-electron chi connectivity index (χ2n) is 6.16. The summed E-state index contributed by atoms with van der Waals surface area (Å²) in [6.07, 6.45) is 5.68. The molecular weight excluding hydrogens is 316 g/mol. The van der Waals surface area contributed by atoms with Crippen molar-refractivity contribution in [2.24, 2.45) is 11.8 Å². The van der Waals surface area contributed by atoms with Crippen LogP contribution in [0.2, 0.25) is 0 Å². The largest absolute Gasteiger partial charge is 0.481 e. The lowest BCUT2D eigenvalue weighted by atomic mass is 9.81. The van der Waals surface area contributed by atoms with Gasteiger partial charge in [0.05, 0.1) is 11.8 Å². The van der Waals surface area contributed by atoms with Crippen LogP contribution in [0, 0.1) is 11.8 Å². The van der Waals surface area contributed by atoms with Gasteiger partial charge >= 0.3 is 5.97 Å². The molecule has 0 aliphatic heterocycles. The van der Waals surface area contributed by atoms with Crippen molar-refractivity contribution in [3.05, 3.63) is 78.1 Å². The van der Waals surface area contributed by atoms with E-state index in [0.29, 0.717) is 6.54 Å². The molecule has 0 spiro atoms. The van der Waals surface area contributed by atoms with Gasteiger partial charge in [0.25, 0.3) is 0 Å². The summed E-state index contributed by atoms with van der Waals surface area (Å²) in [6, 6.07) is 15.8. The second-order valence-corrected chi connectivity index (χ2v) is 6.16. The highest BCUT2D eigenvalue weighted by molar-refractivity contribution is 5.89. The summed E-state index contributed by atoms with van der Waals surface area (Å²) < 4.78 is 0. The van der Waals surface area contributed by atoms with Crippen molar-refractivity contribution < 1.29 is 14.7 Å². The zero-order valence-electron chi connectivity index (χ0n) is 13.7. The molecule has 0 saturated heterocycles. The summed E-state index contributed by atoms with van der Waals surface area (Å²) >= 11 is 0. The van der Waals surface area contributed by atoms with Crippen LogP contribution in [0.15, 0.2) is 66.9 Å². The topological polar surface area (TPSA) is 79.3 Å². The van der Waals surface area contributed by atoms with Gasteiger partial charge in [-0.15, -0.1) is 0 Å². The normalized spacial score (nSPS) is 19.7. The number of carboxylic acid groups (broad SMARTS) is 1. The third-order valence-electron chi connectivity index (χ3n) is 4.45. The van der Waals surface area contributed by atoms with Gasteiger partial charge in [-0.1, -0.05) is 48.6 Å². The Kier molecular flexibility index (Phi) is 5.23. The maximum atomic E-state index is 12.3. The number of rotatable bonds is 7. The minimum atomic E-state index is -0.965. The molecule has 1 aliphatic rings. The highest BCUT2D eigenvalue weighted by atomic mass is 16.4. The van der Waals surface area contributed by atoms with E-state index in [2.05, 4.69) is 10.3 Å². The van der Waals surface area contributed by atoms with Crippen LogP contribution >= 0.6 is 0 Å². The lowest BCUT2D eigenvalue weighted by Gasteiger charge is -2.26. The number of pyridine rings is 1. The number of carbonyl (C=O) groups excluding carboxylic acids is 1. The summed E-state index contributed by atoms with van der Waals surface area (Å²) in [7, 11) is 0.